The van der Waals surface area contributed by atoms with Gasteiger partial charge in [-0.3, -0.25) is 4.79 Å². The number of carbonyl (C=O) groups excluding carboxylic acids is 2. The molecule has 0 radical (unpaired) electrons. The van der Waals surface area contributed by atoms with Gasteiger partial charge in [0, 0.05) is 13.0 Å². The molecule has 1 aliphatic rings. The van der Waals surface area contributed by atoms with Gasteiger partial charge in [0.1, 0.15) is 0 Å². The van der Waals surface area contributed by atoms with Gasteiger partial charge in [0.15, 0.2) is 0 Å². The number of hydrogen-bond acceptors (Lipinski definition) is 4. The Morgan fingerprint density at radius 1 is 1.06 bits per heavy atom. The van der Waals surface area contributed by atoms with E-state index in [9.17, 15) is 14.7 Å². The maximum absolute atomic E-state index is 12.5. The minimum absolute atomic E-state index is 0.0478. The van der Waals surface area contributed by atoms with Crippen molar-refractivity contribution in [2.75, 3.05) is 13.7 Å². The topological polar surface area (TPSA) is 66.8 Å². The number of nitrogens with zero attached hydrogens (tertiary/aromatic N) is 1. The summed E-state index contributed by atoms with van der Waals surface area (Å²) < 4.78 is 4.80. The summed E-state index contributed by atoms with van der Waals surface area (Å²) in [6.07, 6.45) is 12.0. The molecule has 1 N–H and O–H groups in total. The number of methoxy groups -OCH3 is 1. The van der Waals surface area contributed by atoms with Gasteiger partial charge >= 0.3 is 5.97 Å². The van der Waals surface area contributed by atoms with Gasteiger partial charge in [-0.05, 0) is 67.7 Å². The van der Waals surface area contributed by atoms with E-state index in [-0.39, 0.29) is 23.8 Å². The van der Waals surface area contributed by atoms with Gasteiger partial charge in [-0.2, -0.15) is 0 Å². The number of amides is 1. The van der Waals surface area contributed by atoms with Crippen molar-refractivity contribution in [3.63, 3.8) is 0 Å². The fraction of sp³-hybridized carbons (Fsp3) is 0.484. The number of hydrogen-bond donors (Lipinski definition) is 1. The zero-order chi connectivity index (χ0) is 25.8. The lowest BCUT2D eigenvalue weighted by Gasteiger charge is -2.23. The molecule has 0 aliphatic carbocycles. The standard InChI is InChI=1S/C31H41NO4/c1-24(11-5-3-6-12-25-13-7-4-8-14-25)29(33)20-18-28-19-21-30(34)32(28)22-10-16-26-15-9-17-27(23-26)31(35)36-2/h4,7-9,13-15,17-18,20,23-24,28-29,33H,3,5-6,10-12,16,19,21-22H2,1-2H3/t24-,28?,29+/m0/s1. The van der Waals surface area contributed by atoms with Gasteiger partial charge in [-0.1, -0.05) is 74.4 Å². The minimum atomic E-state index is -0.488. The van der Waals surface area contributed by atoms with E-state index in [2.05, 4.69) is 37.3 Å². The summed E-state index contributed by atoms with van der Waals surface area (Å²) in [5.41, 5.74) is 3.00. The molecule has 1 aliphatic heterocycles. The Balaban J connectivity index is 1.39. The summed E-state index contributed by atoms with van der Waals surface area (Å²) in [7, 11) is 1.38. The number of likely N-dealkylation sites (tertiary alicyclic amines) is 1. The van der Waals surface area contributed by atoms with Crippen molar-refractivity contribution in [1.82, 2.24) is 4.90 Å². The fourth-order valence-electron chi connectivity index (χ4n) is 4.89. The number of carbonyl (C=O) groups is 2. The summed E-state index contributed by atoms with van der Waals surface area (Å²) >= 11 is 0. The lowest BCUT2D eigenvalue weighted by molar-refractivity contribution is -0.128. The predicted molar refractivity (Wildman–Crippen MR) is 144 cm³/mol. The van der Waals surface area contributed by atoms with E-state index in [4.69, 9.17) is 4.74 Å². The molecule has 1 saturated heterocycles. The third-order valence-electron chi connectivity index (χ3n) is 7.17. The van der Waals surface area contributed by atoms with Gasteiger partial charge in [-0.15, -0.1) is 0 Å². The smallest absolute Gasteiger partial charge is 0.337 e. The first-order valence-electron chi connectivity index (χ1n) is 13.3. The average molecular weight is 492 g/mol. The Labute approximate surface area is 216 Å². The summed E-state index contributed by atoms with van der Waals surface area (Å²) in [6, 6.07) is 18.1. The first-order chi connectivity index (χ1) is 17.5. The Bertz CT molecular complexity index is 987. The number of esters is 1. The number of aliphatic hydroxyl groups excluding tert-OH is 1. The maximum atomic E-state index is 12.5. The molecule has 1 amide bonds. The predicted octanol–water partition coefficient (Wildman–Crippen LogP) is 5.75. The Morgan fingerprint density at radius 2 is 1.81 bits per heavy atom. The van der Waals surface area contributed by atoms with Crippen molar-refractivity contribution in [2.24, 2.45) is 5.92 Å². The highest BCUT2D eigenvalue weighted by atomic mass is 16.5. The molecule has 5 nitrogen and oxygen atoms in total. The lowest BCUT2D eigenvalue weighted by atomic mass is 9.95. The van der Waals surface area contributed by atoms with E-state index in [1.165, 1.54) is 25.5 Å². The molecule has 1 heterocycles. The van der Waals surface area contributed by atoms with Crippen LogP contribution in [0.2, 0.25) is 0 Å². The van der Waals surface area contributed by atoms with Crippen LogP contribution in [0.4, 0.5) is 0 Å². The van der Waals surface area contributed by atoms with Crippen LogP contribution in [-0.4, -0.2) is 47.7 Å². The van der Waals surface area contributed by atoms with E-state index < -0.39 is 6.10 Å². The molecule has 36 heavy (non-hydrogen) atoms. The number of aryl methyl sites for hydroxylation is 2. The first-order valence-corrected chi connectivity index (χ1v) is 13.3. The van der Waals surface area contributed by atoms with Crippen LogP contribution in [0.3, 0.4) is 0 Å². The molecule has 2 aromatic rings. The monoisotopic (exact) mass is 491 g/mol. The second kappa shape index (κ2) is 14.6. The van der Waals surface area contributed by atoms with E-state index in [0.29, 0.717) is 18.5 Å². The molecule has 194 valence electrons. The third kappa shape index (κ3) is 8.63. The molecule has 0 spiro atoms. The maximum Gasteiger partial charge on any atom is 0.337 e. The number of unbranched alkanes of at least 4 members (excludes halogenated alkanes) is 2. The largest absolute Gasteiger partial charge is 0.465 e. The second-order valence-corrected chi connectivity index (χ2v) is 9.93. The van der Waals surface area contributed by atoms with Gasteiger partial charge < -0.3 is 14.7 Å². The third-order valence-corrected chi connectivity index (χ3v) is 7.17. The Morgan fingerprint density at radius 3 is 2.58 bits per heavy atom. The molecule has 1 unspecified atom stereocenters. The first kappa shape index (κ1) is 27.7. The number of rotatable bonds is 14. The van der Waals surface area contributed by atoms with Crippen LogP contribution in [0.1, 0.15) is 73.4 Å². The number of ether oxygens (including phenoxy) is 1. The molecule has 0 aromatic heterocycles. The molecule has 3 atom stereocenters. The van der Waals surface area contributed by atoms with E-state index in [0.717, 1.165) is 44.1 Å². The summed E-state index contributed by atoms with van der Waals surface area (Å²) in [5.74, 6) is 0.0382. The molecule has 0 saturated carbocycles. The minimum Gasteiger partial charge on any atom is -0.465 e. The highest BCUT2D eigenvalue weighted by molar-refractivity contribution is 5.89. The van der Waals surface area contributed by atoms with Crippen LogP contribution in [0, 0.1) is 5.92 Å². The van der Waals surface area contributed by atoms with Crippen molar-refractivity contribution in [2.45, 2.75) is 76.9 Å². The van der Waals surface area contributed by atoms with Crippen LogP contribution in [0.15, 0.2) is 66.7 Å². The molecule has 2 aromatic carbocycles. The van der Waals surface area contributed by atoms with Crippen molar-refractivity contribution < 1.29 is 19.4 Å². The van der Waals surface area contributed by atoms with Gasteiger partial charge in [0.2, 0.25) is 5.91 Å². The Hall–Kier alpha value is -2.92. The van der Waals surface area contributed by atoms with Crippen LogP contribution in [-0.2, 0) is 22.4 Å². The lowest BCUT2D eigenvalue weighted by Crippen LogP contribution is -2.33. The van der Waals surface area contributed by atoms with E-state index >= 15 is 0 Å². The molecular weight excluding hydrogens is 450 g/mol. The highest BCUT2D eigenvalue weighted by Gasteiger charge is 2.28. The molecule has 3 rings (SSSR count). The van der Waals surface area contributed by atoms with Crippen molar-refractivity contribution in [3.05, 3.63) is 83.4 Å². The second-order valence-electron chi connectivity index (χ2n) is 9.93. The van der Waals surface area contributed by atoms with Crippen molar-refractivity contribution in [1.29, 1.82) is 0 Å². The van der Waals surface area contributed by atoms with E-state index in [1.54, 1.807) is 6.07 Å². The zero-order valence-corrected chi connectivity index (χ0v) is 21.8. The van der Waals surface area contributed by atoms with Crippen molar-refractivity contribution in [3.8, 4) is 0 Å². The summed E-state index contributed by atoms with van der Waals surface area (Å²) in [4.78, 5) is 26.1. The average Bonchev–Trinajstić information content (AvgIpc) is 3.26. The Kier molecular flexibility index (Phi) is 11.2. The van der Waals surface area contributed by atoms with Gasteiger partial charge in [-0.25, -0.2) is 4.79 Å². The summed E-state index contributed by atoms with van der Waals surface area (Å²) in [6.45, 7) is 2.77. The number of benzene rings is 2. The quantitative estimate of drug-likeness (QED) is 0.207. The van der Waals surface area contributed by atoms with Crippen LogP contribution >= 0.6 is 0 Å². The molecule has 1 fully saturated rings. The zero-order valence-electron chi connectivity index (χ0n) is 21.8. The van der Waals surface area contributed by atoms with Gasteiger partial charge in [0.25, 0.3) is 0 Å². The van der Waals surface area contributed by atoms with E-state index in [1.807, 2.05) is 35.3 Å². The molecule has 5 heteroatoms. The van der Waals surface area contributed by atoms with Crippen LogP contribution < -0.4 is 0 Å². The van der Waals surface area contributed by atoms with Gasteiger partial charge in [0.05, 0.1) is 24.8 Å². The molecular formula is C31H41NO4. The normalized spacial score (nSPS) is 17.5. The van der Waals surface area contributed by atoms with Crippen LogP contribution in [0.5, 0.6) is 0 Å². The number of aliphatic hydroxyl groups is 1. The van der Waals surface area contributed by atoms with Crippen molar-refractivity contribution >= 4 is 11.9 Å². The SMILES string of the molecule is COC(=O)c1cccc(CCCN2C(=O)CCC2C=C[C@@H](O)[C@@H](C)CCCCCc2ccccc2)c1. The van der Waals surface area contributed by atoms with Crippen LogP contribution in [0.25, 0.3) is 0 Å². The fourth-order valence-corrected chi connectivity index (χ4v) is 4.89. The molecule has 0 bridgehead atoms. The highest BCUT2D eigenvalue weighted by Crippen LogP contribution is 2.22. The summed E-state index contributed by atoms with van der Waals surface area (Å²) in [5, 5.41) is 10.7.